The molecule has 0 saturated heterocycles. The van der Waals surface area contributed by atoms with Gasteiger partial charge in [0.2, 0.25) is 0 Å². The molecule has 0 aliphatic heterocycles. The lowest BCUT2D eigenvalue weighted by Crippen LogP contribution is -1.88. The van der Waals surface area contributed by atoms with E-state index in [1.807, 2.05) is 6.07 Å². The monoisotopic (exact) mass is 173 g/mol. The maximum Gasteiger partial charge on any atom is 0.116 e. The van der Waals surface area contributed by atoms with Gasteiger partial charge in [-0.3, -0.25) is 0 Å². The highest BCUT2D eigenvalue weighted by Gasteiger charge is 1.98. The van der Waals surface area contributed by atoms with E-state index in [9.17, 15) is 5.11 Å². The molecule has 1 N–H and O–H groups in total. The standard InChI is InChI=1S/C9H7N3O/c13-8-3-1-2-7(6-8)9-4-5-10-12-11-9/h1-6,13H. The molecule has 0 radical (unpaired) electrons. The Hall–Kier alpha value is -1.97. The topological polar surface area (TPSA) is 58.9 Å². The van der Waals surface area contributed by atoms with Gasteiger partial charge in [0.1, 0.15) is 5.75 Å². The summed E-state index contributed by atoms with van der Waals surface area (Å²) in [5.41, 5.74) is 1.53. The Morgan fingerprint density at radius 1 is 1.15 bits per heavy atom. The summed E-state index contributed by atoms with van der Waals surface area (Å²) in [6.07, 6.45) is 1.56. The van der Waals surface area contributed by atoms with Crippen molar-refractivity contribution in [3.63, 3.8) is 0 Å². The van der Waals surface area contributed by atoms with Crippen LogP contribution in [0.4, 0.5) is 0 Å². The minimum Gasteiger partial charge on any atom is -0.508 e. The average Bonchev–Trinajstić information content (AvgIpc) is 2.19. The molecule has 2 rings (SSSR count). The summed E-state index contributed by atoms with van der Waals surface area (Å²) in [6, 6.07) is 8.58. The molecule has 0 bridgehead atoms. The number of phenolic OH excluding ortho intramolecular Hbond substituents is 1. The molecule has 1 aromatic carbocycles. The second kappa shape index (κ2) is 3.18. The van der Waals surface area contributed by atoms with E-state index in [2.05, 4.69) is 15.4 Å². The predicted molar refractivity (Wildman–Crippen MR) is 46.9 cm³/mol. The van der Waals surface area contributed by atoms with Gasteiger partial charge in [-0.2, -0.15) is 0 Å². The first kappa shape index (κ1) is 7.67. The van der Waals surface area contributed by atoms with Gasteiger partial charge in [-0.05, 0) is 23.4 Å². The number of nitrogens with zero attached hydrogens (tertiary/aromatic N) is 3. The molecule has 64 valence electrons. The third kappa shape index (κ3) is 1.61. The fraction of sp³-hybridized carbons (Fsp3) is 0. The van der Waals surface area contributed by atoms with Crippen LogP contribution in [0, 0.1) is 0 Å². The summed E-state index contributed by atoms with van der Waals surface area (Å²) in [5.74, 6) is 0.219. The summed E-state index contributed by atoms with van der Waals surface area (Å²) in [5, 5.41) is 20.1. The van der Waals surface area contributed by atoms with E-state index in [4.69, 9.17) is 0 Å². The molecule has 0 spiro atoms. The number of hydrogen-bond donors (Lipinski definition) is 1. The zero-order valence-electron chi connectivity index (χ0n) is 6.75. The van der Waals surface area contributed by atoms with Gasteiger partial charge in [0.05, 0.1) is 11.9 Å². The number of aromatic nitrogens is 3. The second-order valence-electron chi connectivity index (χ2n) is 2.56. The van der Waals surface area contributed by atoms with Crippen molar-refractivity contribution in [1.82, 2.24) is 15.4 Å². The van der Waals surface area contributed by atoms with Crippen LogP contribution in [0.25, 0.3) is 11.3 Å². The number of phenols is 1. The van der Waals surface area contributed by atoms with E-state index in [0.29, 0.717) is 5.69 Å². The lowest BCUT2D eigenvalue weighted by Gasteiger charge is -1.98. The van der Waals surface area contributed by atoms with E-state index in [-0.39, 0.29) is 5.75 Å². The highest BCUT2D eigenvalue weighted by molar-refractivity contribution is 5.59. The summed E-state index contributed by atoms with van der Waals surface area (Å²) in [4.78, 5) is 0. The first-order valence-electron chi connectivity index (χ1n) is 3.80. The third-order valence-electron chi connectivity index (χ3n) is 1.65. The molecular weight excluding hydrogens is 166 g/mol. The molecule has 0 aliphatic rings. The Morgan fingerprint density at radius 3 is 2.77 bits per heavy atom. The lowest BCUT2D eigenvalue weighted by molar-refractivity contribution is 0.475. The van der Waals surface area contributed by atoms with Crippen LogP contribution in [-0.2, 0) is 0 Å². The molecule has 1 aromatic heterocycles. The highest BCUT2D eigenvalue weighted by Crippen LogP contribution is 2.19. The molecule has 0 atom stereocenters. The van der Waals surface area contributed by atoms with Gasteiger partial charge in [-0.15, -0.1) is 10.2 Å². The molecule has 4 heteroatoms. The van der Waals surface area contributed by atoms with E-state index in [1.165, 1.54) is 0 Å². The van der Waals surface area contributed by atoms with Crippen LogP contribution >= 0.6 is 0 Å². The van der Waals surface area contributed by atoms with Crippen molar-refractivity contribution in [3.8, 4) is 17.0 Å². The first-order chi connectivity index (χ1) is 6.36. The van der Waals surface area contributed by atoms with E-state index < -0.39 is 0 Å². The Morgan fingerprint density at radius 2 is 2.08 bits per heavy atom. The van der Waals surface area contributed by atoms with Crippen LogP contribution in [0.5, 0.6) is 5.75 Å². The first-order valence-corrected chi connectivity index (χ1v) is 3.80. The zero-order valence-corrected chi connectivity index (χ0v) is 6.75. The zero-order chi connectivity index (χ0) is 9.10. The second-order valence-corrected chi connectivity index (χ2v) is 2.56. The number of hydrogen-bond acceptors (Lipinski definition) is 4. The average molecular weight is 173 g/mol. The molecule has 0 fully saturated rings. The van der Waals surface area contributed by atoms with Gasteiger partial charge in [0, 0.05) is 5.56 Å². The van der Waals surface area contributed by atoms with E-state index >= 15 is 0 Å². The number of aromatic hydroxyl groups is 1. The molecule has 2 aromatic rings. The van der Waals surface area contributed by atoms with Gasteiger partial charge in [-0.1, -0.05) is 12.1 Å². The number of benzene rings is 1. The minimum atomic E-state index is 0.219. The van der Waals surface area contributed by atoms with Crippen molar-refractivity contribution in [2.24, 2.45) is 0 Å². The van der Waals surface area contributed by atoms with Crippen molar-refractivity contribution in [1.29, 1.82) is 0 Å². The van der Waals surface area contributed by atoms with Crippen molar-refractivity contribution >= 4 is 0 Å². The Labute approximate surface area is 74.9 Å². The van der Waals surface area contributed by atoms with Gasteiger partial charge >= 0.3 is 0 Å². The lowest BCUT2D eigenvalue weighted by atomic mass is 10.1. The van der Waals surface area contributed by atoms with E-state index in [1.54, 1.807) is 30.5 Å². The molecule has 0 amide bonds. The Kier molecular flexibility index (Phi) is 1.88. The van der Waals surface area contributed by atoms with Crippen LogP contribution < -0.4 is 0 Å². The fourth-order valence-electron chi connectivity index (χ4n) is 1.06. The van der Waals surface area contributed by atoms with Crippen LogP contribution in [0.2, 0.25) is 0 Å². The Balaban J connectivity index is 2.48. The van der Waals surface area contributed by atoms with Crippen molar-refractivity contribution in [2.75, 3.05) is 0 Å². The third-order valence-corrected chi connectivity index (χ3v) is 1.65. The molecule has 4 nitrogen and oxygen atoms in total. The largest absolute Gasteiger partial charge is 0.508 e. The molecular formula is C9H7N3O. The van der Waals surface area contributed by atoms with Crippen molar-refractivity contribution in [2.45, 2.75) is 0 Å². The summed E-state index contributed by atoms with van der Waals surface area (Å²) >= 11 is 0. The Bertz CT molecular complexity index is 403. The highest BCUT2D eigenvalue weighted by atomic mass is 16.3. The van der Waals surface area contributed by atoms with Crippen LogP contribution in [0.15, 0.2) is 36.5 Å². The smallest absolute Gasteiger partial charge is 0.116 e. The van der Waals surface area contributed by atoms with Gasteiger partial charge in [0.15, 0.2) is 0 Å². The molecule has 0 aliphatic carbocycles. The maximum absolute atomic E-state index is 9.21. The molecule has 0 unspecified atom stereocenters. The summed E-state index contributed by atoms with van der Waals surface area (Å²) in [6.45, 7) is 0. The quantitative estimate of drug-likeness (QED) is 0.704. The van der Waals surface area contributed by atoms with Crippen LogP contribution in [-0.4, -0.2) is 20.5 Å². The summed E-state index contributed by atoms with van der Waals surface area (Å²) in [7, 11) is 0. The van der Waals surface area contributed by atoms with Crippen LogP contribution in [0.3, 0.4) is 0 Å². The molecule has 1 heterocycles. The van der Waals surface area contributed by atoms with Gasteiger partial charge < -0.3 is 5.11 Å². The maximum atomic E-state index is 9.21. The minimum absolute atomic E-state index is 0.219. The van der Waals surface area contributed by atoms with Crippen molar-refractivity contribution in [3.05, 3.63) is 36.5 Å². The predicted octanol–water partition coefficient (Wildman–Crippen LogP) is 1.24. The van der Waals surface area contributed by atoms with E-state index in [0.717, 1.165) is 5.56 Å². The normalized spacial score (nSPS) is 9.85. The fourth-order valence-corrected chi connectivity index (χ4v) is 1.06. The summed E-state index contributed by atoms with van der Waals surface area (Å²) < 4.78 is 0. The molecule has 13 heavy (non-hydrogen) atoms. The van der Waals surface area contributed by atoms with Gasteiger partial charge in [0.25, 0.3) is 0 Å². The van der Waals surface area contributed by atoms with Gasteiger partial charge in [-0.25, -0.2) is 0 Å². The SMILES string of the molecule is Oc1cccc(-c2ccnnn2)c1. The van der Waals surface area contributed by atoms with Crippen molar-refractivity contribution < 1.29 is 5.11 Å². The van der Waals surface area contributed by atoms with Crippen LogP contribution in [0.1, 0.15) is 0 Å². The number of rotatable bonds is 1. The molecule has 0 saturated carbocycles.